The lowest BCUT2D eigenvalue weighted by Gasteiger charge is -2.34. The average molecular weight is 388 g/mol. The van der Waals surface area contributed by atoms with Crippen LogP contribution in [0.4, 0.5) is 0 Å². The molecule has 136 valence electrons. The van der Waals surface area contributed by atoms with Gasteiger partial charge in [0.15, 0.2) is 0 Å². The van der Waals surface area contributed by atoms with Gasteiger partial charge in [-0.1, -0.05) is 23.7 Å². The third kappa shape index (κ3) is 4.18. The molecule has 0 radical (unpaired) electrons. The van der Waals surface area contributed by atoms with Crippen LogP contribution in [0, 0.1) is 6.92 Å². The number of rotatable bonds is 5. The molecule has 26 heavy (non-hydrogen) atoms. The Morgan fingerprint density at radius 2 is 1.85 bits per heavy atom. The van der Waals surface area contributed by atoms with Gasteiger partial charge < -0.3 is 4.42 Å². The van der Waals surface area contributed by atoms with Gasteiger partial charge in [-0.25, -0.2) is 4.98 Å². The lowest BCUT2D eigenvalue weighted by atomic mass is 10.2. The Morgan fingerprint density at radius 3 is 2.54 bits per heavy atom. The first-order valence-corrected chi connectivity index (χ1v) is 10.1. The van der Waals surface area contributed by atoms with E-state index in [1.54, 1.807) is 0 Å². The van der Waals surface area contributed by atoms with Gasteiger partial charge in [-0.3, -0.25) is 9.80 Å². The van der Waals surface area contributed by atoms with Crippen molar-refractivity contribution >= 4 is 22.9 Å². The van der Waals surface area contributed by atoms with Gasteiger partial charge in [0.1, 0.15) is 5.76 Å². The molecule has 4 rings (SSSR count). The number of aromatic nitrogens is 1. The molecule has 0 bridgehead atoms. The second-order valence-corrected chi connectivity index (χ2v) is 8.13. The number of nitrogens with zero attached hydrogens (tertiary/aromatic N) is 3. The van der Waals surface area contributed by atoms with Gasteiger partial charge in [0, 0.05) is 54.7 Å². The van der Waals surface area contributed by atoms with Crippen LogP contribution in [0.1, 0.15) is 16.3 Å². The van der Waals surface area contributed by atoms with E-state index >= 15 is 0 Å². The lowest BCUT2D eigenvalue weighted by molar-refractivity contribution is 0.121. The first kappa shape index (κ1) is 17.7. The normalized spacial score (nSPS) is 16.2. The molecule has 1 fully saturated rings. The minimum atomic E-state index is 0.649. The van der Waals surface area contributed by atoms with Crippen molar-refractivity contribution in [1.29, 1.82) is 0 Å². The molecule has 1 saturated heterocycles. The molecule has 0 spiro atoms. The molecule has 0 N–H and O–H groups in total. The highest BCUT2D eigenvalue weighted by Crippen LogP contribution is 2.25. The van der Waals surface area contributed by atoms with E-state index in [1.165, 1.54) is 4.88 Å². The molecular weight excluding hydrogens is 366 g/mol. The number of benzene rings is 1. The maximum absolute atomic E-state index is 6.08. The maximum Gasteiger partial charge on any atom is 0.226 e. The highest BCUT2D eigenvalue weighted by molar-refractivity contribution is 7.09. The van der Waals surface area contributed by atoms with Crippen molar-refractivity contribution in [3.63, 3.8) is 0 Å². The largest absolute Gasteiger partial charge is 0.441 e. The van der Waals surface area contributed by atoms with Crippen LogP contribution in [0.25, 0.3) is 11.5 Å². The summed E-state index contributed by atoms with van der Waals surface area (Å²) in [5.41, 5.74) is 1.94. The van der Waals surface area contributed by atoms with Crippen molar-refractivity contribution in [3.8, 4) is 11.5 Å². The number of oxazole rings is 1. The Kier molecular flexibility index (Phi) is 5.41. The van der Waals surface area contributed by atoms with E-state index in [0.717, 1.165) is 56.3 Å². The van der Waals surface area contributed by atoms with E-state index < -0.39 is 0 Å². The van der Waals surface area contributed by atoms with Crippen LogP contribution < -0.4 is 0 Å². The molecule has 1 aliphatic rings. The predicted octanol–water partition coefficient (Wildman–Crippen LogP) is 4.68. The Morgan fingerprint density at radius 1 is 1.08 bits per heavy atom. The molecule has 4 nitrogen and oxygen atoms in total. The van der Waals surface area contributed by atoms with Crippen LogP contribution in [0.3, 0.4) is 0 Å². The van der Waals surface area contributed by atoms with E-state index in [2.05, 4.69) is 27.3 Å². The summed E-state index contributed by atoms with van der Waals surface area (Å²) in [7, 11) is 0. The fraction of sp³-hybridized carbons (Fsp3) is 0.350. The van der Waals surface area contributed by atoms with Crippen molar-refractivity contribution in [3.05, 3.63) is 63.1 Å². The van der Waals surface area contributed by atoms with Gasteiger partial charge in [-0.15, -0.1) is 11.3 Å². The molecule has 0 aliphatic carbocycles. The van der Waals surface area contributed by atoms with Crippen LogP contribution in [0.2, 0.25) is 5.02 Å². The molecule has 0 amide bonds. The molecule has 3 aromatic rings. The molecule has 0 atom stereocenters. The van der Waals surface area contributed by atoms with E-state index in [0.29, 0.717) is 10.9 Å². The fourth-order valence-corrected chi connectivity index (χ4v) is 4.20. The van der Waals surface area contributed by atoms with Gasteiger partial charge >= 0.3 is 0 Å². The van der Waals surface area contributed by atoms with Gasteiger partial charge in [0.2, 0.25) is 5.89 Å². The Bertz CT molecular complexity index is 854. The van der Waals surface area contributed by atoms with E-state index in [4.69, 9.17) is 21.0 Å². The van der Waals surface area contributed by atoms with Crippen molar-refractivity contribution < 1.29 is 4.42 Å². The maximum atomic E-state index is 6.08. The van der Waals surface area contributed by atoms with E-state index in [1.807, 2.05) is 42.5 Å². The average Bonchev–Trinajstić information content (AvgIpc) is 3.27. The van der Waals surface area contributed by atoms with Gasteiger partial charge in [-0.05, 0) is 36.6 Å². The molecule has 2 aromatic heterocycles. The summed E-state index contributed by atoms with van der Waals surface area (Å²) in [6, 6.07) is 12.0. The summed E-state index contributed by atoms with van der Waals surface area (Å²) in [5, 5.41) is 2.85. The predicted molar refractivity (Wildman–Crippen MR) is 107 cm³/mol. The number of thiophene rings is 1. The zero-order valence-corrected chi connectivity index (χ0v) is 16.4. The highest BCUT2D eigenvalue weighted by Gasteiger charge is 2.20. The summed E-state index contributed by atoms with van der Waals surface area (Å²) < 4.78 is 5.88. The topological polar surface area (TPSA) is 32.5 Å². The lowest BCUT2D eigenvalue weighted by Crippen LogP contribution is -2.45. The SMILES string of the molecule is Cc1oc(-c2cccc(Cl)c2)nc1CN1CCN(Cc2cccs2)CC1. The van der Waals surface area contributed by atoms with Crippen molar-refractivity contribution in [2.24, 2.45) is 0 Å². The summed E-state index contributed by atoms with van der Waals surface area (Å²) in [6.07, 6.45) is 0. The molecule has 1 aliphatic heterocycles. The van der Waals surface area contributed by atoms with Gasteiger partial charge in [-0.2, -0.15) is 0 Å². The van der Waals surface area contributed by atoms with Crippen molar-refractivity contribution in [2.45, 2.75) is 20.0 Å². The Hall–Kier alpha value is -1.66. The van der Waals surface area contributed by atoms with Crippen molar-refractivity contribution in [2.75, 3.05) is 26.2 Å². The second-order valence-electron chi connectivity index (χ2n) is 6.66. The van der Waals surface area contributed by atoms with E-state index in [-0.39, 0.29) is 0 Å². The molecule has 0 unspecified atom stereocenters. The van der Waals surface area contributed by atoms with Crippen molar-refractivity contribution in [1.82, 2.24) is 14.8 Å². The summed E-state index contributed by atoms with van der Waals surface area (Å²) >= 11 is 7.92. The first-order valence-electron chi connectivity index (χ1n) is 8.87. The summed E-state index contributed by atoms with van der Waals surface area (Å²) in [5.74, 6) is 1.54. The monoisotopic (exact) mass is 387 g/mol. The second kappa shape index (κ2) is 7.92. The van der Waals surface area contributed by atoms with Gasteiger partial charge in [0.25, 0.3) is 0 Å². The quantitative estimate of drug-likeness (QED) is 0.636. The number of hydrogen-bond acceptors (Lipinski definition) is 5. The number of piperazine rings is 1. The van der Waals surface area contributed by atoms with Crippen LogP contribution in [-0.2, 0) is 13.1 Å². The Balaban J connectivity index is 1.36. The van der Waals surface area contributed by atoms with Crippen LogP contribution in [-0.4, -0.2) is 41.0 Å². The standard InChI is InChI=1S/C20H22ClN3OS/c1-15-19(22-20(25-15)16-4-2-5-17(21)12-16)14-24-9-7-23(8-10-24)13-18-6-3-11-26-18/h2-6,11-12H,7-10,13-14H2,1H3. The van der Waals surface area contributed by atoms with Crippen LogP contribution >= 0.6 is 22.9 Å². The molecular formula is C20H22ClN3OS. The van der Waals surface area contributed by atoms with E-state index in [9.17, 15) is 0 Å². The number of hydrogen-bond donors (Lipinski definition) is 0. The number of halogens is 1. The molecule has 6 heteroatoms. The fourth-order valence-electron chi connectivity index (χ4n) is 3.26. The van der Waals surface area contributed by atoms with Crippen LogP contribution in [0.5, 0.6) is 0 Å². The summed E-state index contributed by atoms with van der Waals surface area (Å²) in [4.78, 5) is 11.1. The molecule has 3 heterocycles. The van der Waals surface area contributed by atoms with Crippen LogP contribution in [0.15, 0.2) is 46.2 Å². The minimum Gasteiger partial charge on any atom is -0.441 e. The zero-order chi connectivity index (χ0) is 17.9. The smallest absolute Gasteiger partial charge is 0.226 e. The molecule has 1 aromatic carbocycles. The minimum absolute atomic E-state index is 0.649. The van der Waals surface area contributed by atoms with Gasteiger partial charge in [0.05, 0.1) is 5.69 Å². The third-order valence-corrected chi connectivity index (χ3v) is 5.86. The summed E-state index contributed by atoms with van der Waals surface area (Å²) in [6.45, 7) is 8.19. The third-order valence-electron chi connectivity index (χ3n) is 4.76. The number of aryl methyl sites for hydroxylation is 1. The Labute approximate surface area is 163 Å². The molecule has 0 saturated carbocycles. The highest BCUT2D eigenvalue weighted by atomic mass is 35.5. The zero-order valence-electron chi connectivity index (χ0n) is 14.8. The first-order chi connectivity index (χ1) is 12.7.